The van der Waals surface area contributed by atoms with Crippen molar-refractivity contribution in [1.29, 1.82) is 0 Å². The molecule has 0 radical (unpaired) electrons. The molecule has 1 aliphatic rings. The SMILES string of the molecule is CCS(=O)c1cccc(-c2ccc(OCCCN3CCC(OP(O)O)CC3)c3[nH]c4ncc(C)cc4c23)c1. The maximum absolute atomic E-state index is 12.5. The molecule has 0 amide bonds. The van der Waals surface area contributed by atoms with E-state index in [2.05, 4.69) is 33.1 Å². The standard InChI is InChI=1S/C28H34N3O5PS/c1-3-38(34)22-7-4-6-20(17-22)23-8-9-25(27-26(23)24-16-19(2)18-29-28(24)30-27)35-15-5-12-31-13-10-21(11-14-31)36-37(32)33/h4,6-9,16-18,21,32-33H,3,5,10-15H2,1-2H3,(H,29,30). The zero-order chi connectivity index (χ0) is 26.6. The van der Waals surface area contributed by atoms with Gasteiger partial charge < -0.3 is 28.9 Å². The number of fused-ring (bicyclic) bond motifs is 3. The number of hydrogen-bond donors (Lipinski definition) is 3. The number of nitrogens with one attached hydrogen (secondary N) is 1. The molecule has 4 aromatic rings. The van der Waals surface area contributed by atoms with Gasteiger partial charge in [-0.2, -0.15) is 0 Å². The third-order valence-electron chi connectivity index (χ3n) is 7.03. The van der Waals surface area contributed by atoms with Crippen molar-refractivity contribution in [3.63, 3.8) is 0 Å². The molecule has 2 aromatic heterocycles. The van der Waals surface area contributed by atoms with Crippen molar-refractivity contribution in [3.8, 4) is 16.9 Å². The van der Waals surface area contributed by atoms with Crippen LogP contribution >= 0.6 is 8.60 Å². The molecule has 0 spiro atoms. The first-order valence-corrected chi connectivity index (χ1v) is 15.5. The van der Waals surface area contributed by atoms with Crippen LogP contribution in [0.15, 0.2) is 53.6 Å². The summed E-state index contributed by atoms with van der Waals surface area (Å²) in [6.07, 6.45) is 4.27. The van der Waals surface area contributed by atoms with Gasteiger partial charge in [0.1, 0.15) is 11.4 Å². The van der Waals surface area contributed by atoms with Crippen LogP contribution in [0.1, 0.15) is 31.7 Å². The lowest BCUT2D eigenvalue weighted by Crippen LogP contribution is -2.37. The predicted octanol–water partition coefficient (Wildman–Crippen LogP) is 5.28. The Morgan fingerprint density at radius 2 is 2.00 bits per heavy atom. The largest absolute Gasteiger partial charge is 0.491 e. The molecule has 1 saturated heterocycles. The van der Waals surface area contributed by atoms with Crippen LogP contribution in [0.5, 0.6) is 5.75 Å². The number of aryl methyl sites for hydroxylation is 1. The van der Waals surface area contributed by atoms with E-state index >= 15 is 0 Å². The minimum Gasteiger partial charge on any atom is -0.491 e. The molecule has 3 N–H and O–H groups in total. The third kappa shape index (κ3) is 6.09. The van der Waals surface area contributed by atoms with E-state index in [1.807, 2.05) is 44.3 Å². The van der Waals surface area contributed by atoms with Crippen LogP contribution < -0.4 is 4.74 Å². The number of rotatable bonds is 10. The van der Waals surface area contributed by atoms with E-state index in [9.17, 15) is 4.21 Å². The molecular weight excluding hydrogens is 521 g/mol. The fourth-order valence-electron chi connectivity index (χ4n) is 5.14. The Balaban J connectivity index is 1.35. The van der Waals surface area contributed by atoms with Crippen LogP contribution in [-0.2, 0) is 15.3 Å². The highest BCUT2D eigenvalue weighted by molar-refractivity contribution is 7.85. The highest BCUT2D eigenvalue weighted by atomic mass is 32.2. The molecule has 1 unspecified atom stereocenters. The molecule has 1 atom stereocenters. The van der Waals surface area contributed by atoms with Gasteiger partial charge >= 0.3 is 8.60 Å². The molecule has 10 heteroatoms. The van der Waals surface area contributed by atoms with Gasteiger partial charge in [-0.15, -0.1) is 0 Å². The second kappa shape index (κ2) is 12.2. The third-order valence-corrected chi connectivity index (χ3v) is 8.82. The molecule has 2 aromatic carbocycles. The molecule has 202 valence electrons. The summed E-state index contributed by atoms with van der Waals surface area (Å²) in [7, 11) is -3.31. The van der Waals surface area contributed by atoms with Crippen LogP contribution in [0.3, 0.4) is 0 Å². The lowest BCUT2D eigenvalue weighted by atomic mass is 9.99. The monoisotopic (exact) mass is 555 g/mol. The van der Waals surface area contributed by atoms with Crippen molar-refractivity contribution < 1.29 is 23.3 Å². The Bertz CT molecular complexity index is 1440. The van der Waals surface area contributed by atoms with Gasteiger partial charge in [0.2, 0.25) is 0 Å². The van der Waals surface area contributed by atoms with Gasteiger partial charge in [-0.3, -0.25) is 4.21 Å². The van der Waals surface area contributed by atoms with Crippen molar-refractivity contribution in [2.45, 2.75) is 44.1 Å². The van der Waals surface area contributed by atoms with Gasteiger partial charge in [0, 0.05) is 47.3 Å². The van der Waals surface area contributed by atoms with E-state index in [0.29, 0.717) is 12.4 Å². The summed E-state index contributed by atoms with van der Waals surface area (Å²) < 4.78 is 23.9. The number of ether oxygens (including phenoxy) is 1. The second-order valence-corrected chi connectivity index (χ2v) is 12.1. The van der Waals surface area contributed by atoms with Crippen molar-refractivity contribution >= 4 is 41.3 Å². The van der Waals surface area contributed by atoms with Crippen LogP contribution in [-0.4, -0.2) is 67.0 Å². The van der Waals surface area contributed by atoms with E-state index < -0.39 is 19.4 Å². The minimum atomic E-state index is -2.28. The fraction of sp³-hybridized carbons (Fsp3) is 0.393. The van der Waals surface area contributed by atoms with E-state index in [1.54, 1.807) is 0 Å². The van der Waals surface area contributed by atoms with Gasteiger partial charge in [0.05, 0.1) is 29.0 Å². The molecular formula is C28H34N3O5PS. The molecule has 8 nitrogen and oxygen atoms in total. The Labute approximate surface area is 226 Å². The second-order valence-electron chi connectivity index (χ2n) is 9.66. The maximum Gasteiger partial charge on any atom is 0.327 e. The quantitative estimate of drug-likeness (QED) is 0.181. The van der Waals surface area contributed by atoms with Gasteiger partial charge in [-0.1, -0.05) is 19.1 Å². The smallest absolute Gasteiger partial charge is 0.327 e. The number of hydrogen-bond acceptors (Lipinski definition) is 7. The molecule has 0 aliphatic carbocycles. The topological polar surface area (TPSA) is 108 Å². The molecule has 0 bridgehead atoms. The predicted molar refractivity (Wildman–Crippen MR) is 153 cm³/mol. The minimum absolute atomic E-state index is 0.0719. The fourth-order valence-corrected chi connectivity index (χ4v) is 6.44. The summed E-state index contributed by atoms with van der Waals surface area (Å²) in [5.74, 6) is 1.37. The average molecular weight is 556 g/mol. The Hall–Kier alpha value is -2.39. The number of nitrogens with zero attached hydrogens (tertiary/aromatic N) is 2. The lowest BCUT2D eigenvalue weighted by molar-refractivity contribution is 0.0864. The number of pyridine rings is 1. The normalized spacial score (nSPS) is 16.0. The summed E-state index contributed by atoms with van der Waals surface area (Å²) >= 11 is 0. The number of aromatic nitrogens is 2. The molecule has 1 fully saturated rings. The van der Waals surface area contributed by atoms with Crippen LogP contribution in [0.25, 0.3) is 33.1 Å². The Morgan fingerprint density at radius 1 is 1.18 bits per heavy atom. The number of piperidine rings is 1. The molecule has 5 rings (SSSR count). The van der Waals surface area contributed by atoms with Gasteiger partial charge in [0.15, 0.2) is 0 Å². The zero-order valence-electron chi connectivity index (χ0n) is 21.7. The molecule has 0 saturated carbocycles. The molecule has 3 heterocycles. The number of benzene rings is 2. The number of aromatic amines is 1. The summed E-state index contributed by atoms with van der Waals surface area (Å²) in [5.41, 5.74) is 4.89. The van der Waals surface area contributed by atoms with Crippen LogP contribution in [0.2, 0.25) is 0 Å². The number of likely N-dealkylation sites (tertiary alicyclic amines) is 1. The summed E-state index contributed by atoms with van der Waals surface area (Å²) in [5, 5.41) is 2.10. The first-order chi connectivity index (χ1) is 18.4. The Morgan fingerprint density at radius 3 is 2.76 bits per heavy atom. The molecule has 1 aliphatic heterocycles. The Kier molecular flexibility index (Phi) is 8.73. The van der Waals surface area contributed by atoms with Crippen molar-refractivity contribution in [1.82, 2.24) is 14.9 Å². The van der Waals surface area contributed by atoms with Crippen molar-refractivity contribution in [2.24, 2.45) is 0 Å². The highest BCUT2D eigenvalue weighted by Gasteiger charge is 2.22. The van der Waals surface area contributed by atoms with E-state index in [0.717, 1.165) is 88.2 Å². The molecule has 38 heavy (non-hydrogen) atoms. The zero-order valence-corrected chi connectivity index (χ0v) is 23.4. The van der Waals surface area contributed by atoms with E-state index in [4.69, 9.17) is 19.0 Å². The van der Waals surface area contributed by atoms with E-state index in [1.165, 1.54) is 0 Å². The maximum atomic E-state index is 12.5. The van der Waals surface area contributed by atoms with Gasteiger partial charge in [-0.05, 0) is 73.2 Å². The summed E-state index contributed by atoms with van der Waals surface area (Å²) in [4.78, 5) is 29.4. The average Bonchev–Trinajstić information content (AvgIpc) is 3.30. The van der Waals surface area contributed by atoms with Crippen molar-refractivity contribution in [3.05, 3.63) is 54.2 Å². The highest BCUT2D eigenvalue weighted by Crippen LogP contribution is 2.39. The van der Waals surface area contributed by atoms with E-state index in [-0.39, 0.29) is 6.10 Å². The lowest BCUT2D eigenvalue weighted by Gasteiger charge is -2.31. The summed E-state index contributed by atoms with van der Waals surface area (Å²) in [6, 6.07) is 14.2. The van der Waals surface area contributed by atoms with Gasteiger partial charge in [0.25, 0.3) is 0 Å². The van der Waals surface area contributed by atoms with Crippen LogP contribution in [0.4, 0.5) is 0 Å². The van der Waals surface area contributed by atoms with Crippen LogP contribution in [0, 0.1) is 6.92 Å². The van der Waals surface area contributed by atoms with Gasteiger partial charge in [-0.25, -0.2) is 4.98 Å². The number of H-pyrrole nitrogens is 1. The first kappa shape index (κ1) is 27.2. The first-order valence-electron chi connectivity index (χ1n) is 13.0. The van der Waals surface area contributed by atoms with Crippen molar-refractivity contribution in [2.75, 3.05) is 32.0 Å². The summed E-state index contributed by atoms with van der Waals surface area (Å²) in [6.45, 7) is 7.22.